The van der Waals surface area contributed by atoms with Gasteiger partial charge in [0.05, 0.1) is 8.07 Å². The molecular weight excluding hydrogens is 240 g/mol. The first-order valence-corrected chi connectivity index (χ1v) is 11.1. The molecule has 0 aliphatic carbocycles. The van der Waals surface area contributed by atoms with Gasteiger partial charge in [0.25, 0.3) is 0 Å². The van der Waals surface area contributed by atoms with Crippen LogP contribution in [0.2, 0.25) is 25.2 Å². The summed E-state index contributed by atoms with van der Waals surface area (Å²) < 4.78 is 5.63. The predicted octanol–water partition coefficient (Wildman–Crippen LogP) is 5.01. The molecule has 0 aromatic rings. The summed E-state index contributed by atoms with van der Waals surface area (Å²) in [5, 5.41) is 0. The molecule has 0 aromatic carbocycles. The molecule has 2 nitrogen and oxygen atoms in total. The minimum absolute atomic E-state index is 0.115. The molecule has 108 valence electrons. The second-order valence-electron chi connectivity index (χ2n) is 6.40. The van der Waals surface area contributed by atoms with Crippen molar-refractivity contribution < 1.29 is 9.53 Å². The predicted molar refractivity (Wildman–Crippen MR) is 81.7 cm³/mol. The van der Waals surface area contributed by atoms with E-state index in [-0.39, 0.29) is 12.1 Å². The number of hydrogen-bond donors (Lipinski definition) is 0. The molecule has 0 heterocycles. The summed E-state index contributed by atoms with van der Waals surface area (Å²) in [4.78, 5) is 11.3. The lowest BCUT2D eigenvalue weighted by Gasteiger charge is -2.35. The minimum Gasteiger partial charge on any atom is -0.463 e. The molecule has 3 heteroatoms. The van der Waals surface area contributed by atoms with Crippen molar-refractivity contribution in [2.45, 2.75) is 90.6 Å². The standard InChI is InChI=1S/C15H32O2Si/c1-7-9-11-14(17-13(3)16)15(12-10-8-2)18(4,5)6/h14-15H,7-12H2,1-6H3/t14-,15+/m0/s1. The van der Waals surface area contributed by atoms with Crippen LogP contribution in [0, 0.1) is 0 Å². The highest BCUT2D eigenvalue weighted by molar-refractivity contribution is 6.77. The molecule has 0 aliphatic rings. The molecule has 18 heavy (non-hydrogen) atoms. The van der Waals surface area contributed by atoms with Gasteiger partial charge in [0.2, 0.25) is 0 Å². The average Bonchev–Trinajstić information content (AvgIpc) is 2.23. The summed E-state index contributed by atoms with van der Waals surface area (Å²) in [6.07, 6.45) is 7.21. The Labute approximate surface area is 115 Å². The second-order valence-corrected chi connectivity index (χ2v) is 11.9. The molecule has 0 saturated heterocycles. The molecule has 0 amide bonds. The Morgan fingerprint density at radius 2 is 1.56 bits per heavy atom. The van der Waals surface area contributed by atoms with Crippen LogP contribution in [-0.4, -0.2) is 20.1 Å². The number of rotatable bonds is 9. The lowest BCUT2D eigenvalue weighted by Crippen LogP contribution is -2.38. The van der Waals surface area contributed by atoms with Gasteiger partial charge in [-0.15, -0.1) is 0 Å². The topological polar surface area (TPSA) is 26.3 Å². The lowest BCUT2D eigenvalue weighted by atomic mass is 10.0. The molecule has 2 atom stereocenters. The van der Waals surface area contributed by atoms with Gasteiger partial charge in [0.1, 0.15) is 6.10 Å². The first-order valence-electron chi connectivity index (χ1n) is 7.50. The van der Waals surface area contributed by atoms with Crippen molar-refractivity contribution in [3.63, 3.8) is 0 Å². The fourth-order valence-corrected chi connectivity index (χ4v) is 4.98. The third-order valence-corrected chi connectivity index (χ3v) is 6.47. The Hall–Kier alpha value is -0.313. The van der Waals surface area contributed by atoms with E-state index in [1.54, 1.807) is 6.92 Å². The van der Waals surface area contributed by atoms with Crippen molar-refractivity contribution in [3.8, 4) is 0 Å². The van der Waals surface area contributed by atoms with Crippen molar-refractivity contribution in [2.24, 2.45) is 0 Å². The number of carbonyl (C=O) groups is 1. The third-order valence-electron chi connectivity index (χ3n) is 3.59. The zero-order valence-electron chi connectivity index (χ0n) is 13.2. The van der Waals surface area contributed by atoms with E-state index in [1.807, 2.05) is 0 Å². The Balaban J connectivity index is 4.75. The maximum absolute atomic E-state index is 11.3. The van der Waals surface area contributed by atoms with Crippen molar-refractivity contribution in [1.82, 2.24) is 0 Å². The van der Waals surface area contributed by atoms with Crippen molar-refractivity contribution in [2.75, 3.05) is 0 Å². The highest BCUT2D eigenvalue weighted by atomic mass is 28.3. The van der Waals surface area contributed by atoms with Crippen LogP contribution in [0.1, 0.15) is 59.3 Å². The first-order chi connectivity index (χ1) is 8.32. The molecule has 0 N–H and O–H groups in total. The van der Waals surface area contributed by atoms with Gasteiger partial charge in [-0.25, -0.2) is 0 Å². The molecule has 0 aliphatic heterocycles. The van der Waals surface area contributed by atoms with Gasteiger partial charge in [0.15, 0.2) is 0 Å². The van der Waals surface area contributed by atoms with E-state index in [0.29, 0.717) is 5.54 Å². The molecule has 0 bridgehead atoms. The van der Waals surface area contributed by atoms with E-state index >= 15 is 0 Å². The van der Waals surface area contributed by atoms with Crippen LogP contribution >= 0.6 is 0 Å². The molecule has 0 rings (SSSR count). The number of esters is 1. The van der Waals surface area contributed by atoms with Crippen LogP contribution in [0.3, 0.4) is 0 Å². The molecule has 0 spiro atoms. The van der Waals surface area contributed by atoms with E-state index in [4.69, 9.17) is 4.74 Å². The zero-order chi connectivity index (χ0) is 14.2. The van der Waals surface area contributed by atoms with Crippen molar-refractivity contribution >= 4 is 14.0 Å². The molecule has 0 fully saturated rings. The van der Waals surface area contributed by atoms with Crippen molar-refractivity contribution in [1.29, 1.82) is 0 Å². The fourth-order valence-electron chi connectivity index (χ4n) is 2.56. The summed E-state index contributed by atoms with van der Waals surface area (Å²) in [6, 6.07) is 0. The number of unbranched alkanes of at least 4 members (excludes halogenated alkanes) is 2. The van der Waals surface area contributed by atoms with Gasteiger partial charge in [-0.3, -0.25) is 4.79 Å². The largest absolute Gasteiger partial charge is 0.463 e. The number of carbonyl (C=O) groups excluding carboxylic acids is 1. The van der Waals surface area contributed by atoms with Crippen LogP contribution in [0.5, 0.6) is 0 Å². The van der Waals surface area contributed by atoms with Gasteiger partial charge in [-0.2, -0.15) is 0 Å². The summed E-state index contributed by atoms with van der Waals surface area (Å²) in [5.41, 5.74) is 0.605. The zero-order valence-corrected chi connectivity index (χ0v) is 14.2. The third kappa shape index (κ3) is 7.19. The quantitative estimate of drug-likeness (QED) is 0.436. The Bertz CT molecular complexity index is 233. The smallest absolute Gasteiger partial charge is 0.302 e. The Kier molecular flexibility index (Phi) is 8.58. The van der Waals surface area contributed by atoms with Crippen LogP contribution in [-0.2, 0) is 9.53 Å². The van der Waals surface area contributed by atoms with Crippen LogP contribution in [0.4, 0.5) is 0 Å². The lowest BCUT2D eigenvalue weighted by molar-refractivity contribution is -0.147. The molecular formula is C15H32O2Si. The first kappa shape index (κ1) is 17.7. The normalized spacial score (nSPS) is 15.2. The number of ether oxygens (including phenoxy) is 1. The summed E-state index contributed by atoms with van der Waals surface area (Å²) in [7, 11) is -1.28. The van der Waals surface area contributed by atoms with E-state index in [1.165, 1.54) is 25.7 Å². The molecule has 0 radical (unpaired) electrons. The average molecular weight is 273 g/mol. The maximum Gasteiger partial charge on any atom is 0.302 e. The molecule has 0 aromatic heterocycles. The van der Waals surface area contributed by atoms with E-state index in [9.17, 15) is 4.79 Å². The van der Waals surface area contributed by atoms with Crippen LogP contribution in [0.15, 0.2) is 0 Å². The summed E-state index contributed by atoms with van der Waals surface area (Å²) in [6.45, 7) is 13.2. The maximum atomic E-state index is 11.3. The van der Waals surface area contributed by atoms with E-state index < -0.39 is 8.07 Å². The Morgan fingerprint density at radius 3 is 1.94 bits per heavy atom. The molecule has 0 saturated carbocycles. The highest BCUT2D eigenvalue weighted by Gasteiger charge is 2.34. The van der Waals surface area contributed by atoms with E-state index in [0.717, 1.165) is 12.8 Å². The van der Waals surface area contributed by atoms with Gasteiger partial charge < -0.3 is 4.74 Å². The van der Waals surface area contributed by atoms with Gasteiger partial charge in [-0.05, 0) is 18.4 Å². The second kappa shape index (κ2) is 8.73. The monoisotopic (exact) mass is 272 g/mol. The van der Waals surface area contributed by atoms with Gasteiger partial charge >= 0.3 is 5.97 Å². The molecule has 0 unspecified atom stereocenters. The van der Waals surface area contributed by atoms with Gasteiger partial charge in [0, 0.05) is 6.92 Å². The van der Waals surface area contributed by atoms with Crippen LogP contribution < -0.4 is 0 Å². The number of hydrogen-bond acceptors (Lipinski definition) is 2. The van der Waals surface area contributed by atoms with Gasteiger partial charge in [-0.1, -0.05) is 59.2 Å². The summed E-state index contributed by atoms with van der Waals surface area (Å²) in [5.74, 6) is -0.115. The minimum atomic E-state index is -1.28. The summed E-state index contributed by atoms with van der Waals surface area (Å²) >= 11 is 0. The fraction of sp³-hybridized carbons (Fsp3) is 0.933. The van der Waals surface area contributed by atoms with Crippen molar-refractivity contribution in [3.05, 3.63) is 0 Å². The Morgan fingerprint density at radius 1 is 1.06 bits per heavy atom. The van der Waals surface area contributed by atoms with Crippen LogP contribution in [0.25, 0.3) is 0 Å². The SMILES string of the molecule is CCCC[C@H](OC(C)=O)[C@@H](CCCC)[Si](C)(C)C. The highest BCUT2D eigenvalue weighted by Crippen LogP contribution is 2.35. The van der Waals surface area contributed by atoms with E-state index in [2.05, 4.69) is 33.5 Å².